The van der Waals surface area contributed by atoms with Gasteiger partial charge in [0.25, 0.3) is 0 Å². The van der Waals surface area contributed by atoms with Gasteiger partial charge in [-0.05, 0) is 20.3 Å². The van der Waals surface area contributed by atoms with Crippen LogP contribution in [0.15, 0.2) is 0 Å². The molecule has 1 aromatic heterocycles. The van der Waals surface area contributed by atoms with Crippen LogP contribution in [0, 0.1) is 6.92 Å². The highest BCUT2D eigenvalue weighted by atomic mass is 79.9. The molecule has 1 atom stereocenters. The largest absolute Gasteiger partial charge is 0.309 e. The lowest BCUT2D eigenvalue weighted by Gasteiger charge is -2.12. The molecule has 0 aliphatic rings. The number of aromatic nitrogens is 2. The van der Waals surface area contributed by atoms with E-state index in [1.165, 1.54) is 0 Å². The predicted octanol–water partition coefficient (Wildman–Crippen LogP) is 2.65. The number of rotatable bonds is 5. The van der Waals surface area contributed by atoms with Gasteiger partial charge < -0.3 is 5.32 Å². The van der Waals surface area contributed by atoms with E-state index in [2.05, 4.69) is 33.3 Å². The van der Waals surface area contributed by atoms with E-state index in [1.54, 1.807) is 0 Å². The smallest absolute Gasteiger partial charge is 0.0860 e. The van der Waals surface area contributed by atoms with Crippen molar-refractivity contribution in [1.82, 2.24) is 15.1 Å². The number of hydrogen-bond donors (Lipinski definition) is 1. The van der Waals surface area contributed by atoms with E-state index >= 15 is 0 Å². The Balaban J connectivity index is 2.57. The van der Waals surface area contributed by atoms with Crippen molar-refractivity contribution in [2.75, 3.05) is 5.33 Å². The predicted molar refractivity (Wildman–Crippen MR) is 67.7 cm³/mol. The van der Waals surface area contributed by atoms with Crippen LogP contribution in [0.2, 0.25) is 5.02 Å². The highest BCUT2D eigenvalue weighted by molar-refractivity contribution is 9.09. The summed E-state index contributed by atoms with van der Waals surface area (Å²) in [5.41, 5.74) is 1.94. The Kier molecular flexibility index (Phi) is 5.09. The zero-order chi connectivity index (χ0) is 11.4. The lowest BCUT2D eigenvalue weighted by molar-refractivity contribution is 0.520. The molecule has 1 unspecified atom stereocenters. The van der Waals surface area contributed by atoms with Gasteiger partial charge in [0, 0.05) is 25.0 Å². The molecule has 0 bridgehead atoms. The first-order chi connectivity index (χ1) is 7.06. The van der Waals surface area contributed by atoms with E-state index in [-0.39, 0.29) is 0 Å². The maximum atomic E-state index is 6.14. The van der Waals surface area contributed by atoms with Gasteiger partial charge in [0.1, 0.15) is 0 Å². The number of hydrogen-bond acceptors (Lipinski definition) is 2. The van der Waals surface area contributed by atoms with E-state index in [4.69, 9.17) is 11.6 Å². The second-order valence-electron chi connectivity index (χ2n) is 3.73. The van der Waals surface area contributed by atoms with Gasteiger partial charge in [-0.15, -0.1) is 0 Å². The first-order valence-corrected chi connectivity index (χ1v) is 6.53. The van der Waals surface area contributed by atoms with E-state index in [0.29, 0.717) is 6.04 Å². The van der Waals surface area contributed by atoms with Crippen molar-refractivity contribution in [3.63, 3.8) is 0 Å². The second kappa shape index (κ2) is 5.87. The molecule has 1 heterocycles. The van der Waals surface area contributed by atoms with Crippen LogP contribution >= 0.6 is 27.5 Å². The second-order valence-corrected chi connectivity index (χ2v) is 4.90. The minimum absolute atomic E-state index is 0.482. The van der Waals surface area contributed by atoms with E-state index < -0.39 is 0 Å². The fourth-order valence-corrected chi connectivity index (χ4v) is 2.32. The van der Waals surface area contributed by atoms with Crippen LogP contribution in [-0.4, -0.2) is 21.2 Å². The molecule has 0 saturated carbocycles. The first kappa shape index (κ1) is 13.0. The molecule has 1 N–H and O–H groups in total. The zero-order valence-electron chi connectivity index (χ0n) is 9.35. The molecule has 15 heavy (non-hydrogen) atoms. The number of halogens is 2. The lowest BCUT2D eigenvalue weighted by Crippen LogP contribution is -2.26. The van der Waals surface area contributed by atoms with Gasteiger partial charge in [0.2, 0.25) is 0 Å². The molecule has 0 aliphatic carbocycles. The van der Waals surface area contributed by atoms with Crippen LogP contribution in [0.5, 0.6) is 0 Å². The average molecular weight is 295 g/mol. The van der Waals surface area contributed by atoms with Crippen LogP contribution in [-0.2, 0) is 13.6 Å². The third-order valence-corrected chi connectivity index (χ3v) is 3.37. The highest BCUT2D eigenvalue weighted by Crippen LogP contribution is 2.19. The molecular weight excluding hydrogens is 277 g/mol. The van der Waals surface area contributed by atoms with E-state index in [0.717, 1.165) is 34.7 Å². The van der Waals surface area contributed by atoms with Gasteiger partial charge in [0.15, 0.2) is 0 Å². The van der Waals surface area contributed by atoms with Crippen molar-refractivity contribution in [1.29, 1.82) is 0 Å². The lowest BCUT2D eigenvalue weighted by atomic mass is 10.2. The van der Waals surface area contributed by atoms with E-state index in [1.807, 2.05) is 18.7 Å². The van der Waals surface area contributed by atoms with Crippen molar-refractivity contribution in [2.45, 2.75) is 32.9 Å². The van der Waals surface area contributed by atoms with Crippen LogP contribution in [0.1, 0.15) is 24.7 Å². The molecule has 0 radical (unpaired) electrons. The fourth-order valence-electron chi connectivity index (χ4n) is 1.41. The third kappa shape index (κ3) is 3.47. The molecule has 0 aliphatic heterocycles. The minimum Gasteiger partial charge on any atom is -0.309 e. The van der Waals surface area contributed by atoms with Gasteiger partial charge in [-0.1, -0.05) is 27.5 Å². The van der Waals surface area contributed by atoms with Crippen molar-refractivity contribution in [2.24, 2.45) is 7.05 Å². The van der Waals surface area contributed by atoms with Gasteiger partial charge in [0.05, 0.1) is 16.4 Å². The quantitative estimate of drug-likeness (QED) is 0.846. The first-order valence-electron chi connectivity index (χ1n) is 5.03. The molecule has 0 spiro atoms. The Bertz CT molecular complexity index is 325. The van der Waals surface area contributed by atoms with E-state index in [9.17, 15) is 0 Å². The highest BCUT2D eigenvalue weighted by Gasteiger charge is 2.11. The van der Waals surface area contributed by atoms with Crippen molar-refractivity contribution < 1.29 is 0 Å². The summed E-state index contributed by atoms with van der Waals surface area (Å²) in [4.78, 5) is 0. The zero-order valence-corrected chi connectivity index (χ0v) is 11.7. The number of nitrogens with one attached hydrogen (secondary N) is 1. The summed E-state index contributed by atoms with van der Waals surface area (Å²) < 4.78 is 1.84. The molecule has 0 saturated heterocycles. The molecule has 0 aromatic carbocycles. The Morgan fingerprint density at radius 2 is 2.27 bits per heavy atom. The molecule has 5 heteroatoms. The number of alkyl halides is 1. The Morgan fingerprint density at radius 1 is 1.60 bits per heavy atom. The Morgan fingerprint density at radius 3 is 2.73 bits per heavy atom. The summed E-state index contributed by atoms with van der Waals surface area (Å²) in [6.45, 7) is 4.86. The maximum Gasteiger partial charge on any atom is 0.0860 e. The molecule has 1 aromatic rings. The van der Waals surface area contributed by atoms with Gasteiger partial charge in [-0.2, -0.15) is 5.10 Å². The monoisotopic (exact) mass is 293 g/mol. The van der Waals surface area contributed by atoms with Crippen molar-refractivity contribution in [3.8, 4) is 0 Å². The van der Waals surface area contributed by atoms with Crippen LogP contribution in [0.25, 0.3) is 0 Å². The van der Waals surface area contributed by atoms with Crippen molar-refractivity contribution in [3.05, 3.63) is 16.4 Å². The maximum absolute atomic E-state index is 6.14. The van der Waals surface area contributed by atoms with Crippen LogP contribution in [0.4, 0.5) is 0 Å². The Hall–Kier alpha value is -0.0600. The van der Waals surface area contributed by atoms with Crippen LogP contribution < -0.4 is 5.32 Å². The number of aryl methyl sites for hydroxylation is 2. The summed E-state index contributed by atoms with van der Waals surface area (Å²) in [5, 5.41) is 9.48. The summed E-state index contributed by atoms with van der Waals surface area (Å²) in [6, 6.07) is 0.482. The number of nitrogens with zero attached hydrogens (tertiary/aromatic N) is 2. The molecular formula is C10H17BrClN3. The van der Waals surface area contributed by atoms with Crippen molar-refractivity contribution >= 4 is 27.5 Å². The fraction of sp³-hybridized carbons (Fsp3) is 0.700. The standard InChI is InChI=1S/C10H17BrClN3/c1-7(4-5-11)13-6-9-10(12)8(2)14-15(9)3/h7,13H,4-6H2,1-3H3. The van der Waals surface area contributed by atoms with Gasteiger partial charge in [-0.25, -0.2) is 0 Å². The molecule has 0 amide bonds. The van der Waals surface area contributed by atoms with Gasteiger partial charge >= 0.3 is 0 Å². The molecule has 3 nitrogen and oxygen atoms in total. The normalized spacial score (nSPS) is 13.1. The third-order valence-electron chi connectivity index (χ3n) is 2.42. The molecule has 1 rings (SSSR count). The Labute approximate surface area is 104 Å². The summed E-state index contributed by atoms with van der Waals surface area (Å²) >= 11 is 9.57. The summed E-state index contributed by atoms with van der Waals surface area (Å²) in [6.07, 6.45) is 1.11. The van der Waals surface area contributed by atoms with Gasteiger partial charge in [-0.3, -0.25) is 4.68 Å². The minimum atomic E-state index is 0.482. The average Bonchev–Trinajstić information content (AvgIpc) is 2.40. The molecule has 86 valence electrons. The topological polar surface area (TPSA) is 29.9 Å². The molecule has 0 fully saturated rings. The summed E-state index contributed by atoms with van der Waals surface area (Å²) in [7, 11) is 1.92. The van der Waals surface area contributed by atoms with Crippen LogP contribution in [0.3, 0.4) is 0 Å². The SMILES string of the molecule is Cc1nn(C)c(CNC(C)CCBr)c1Cl. The summed E-state index contributed by atoms with van der Waals surface area (Å²) in [5.74, 6) is 0.